The zero-order valence-electron chi connectivity index (χ0n) is 15.0. The Hall–Kier alpha value is -3.17. The van der Waals surface area contributed by atoms with Crippen LogP contribution in [0.15, 0.2) is 46.9 Å². The summed E-state index contributed by atoms with van der Waals surface area (Å²) >= 11 is 0. The largest absolute Gasteiger partial charge is 0.436 e. The number of amides is 1. The number of anilines is 1. The Morgan fingerprint density at radius 2 is 2.00 bits per heavy atom. The van der Waals surface area contributed by atoms with Crippen molar-refractivity contribution in [2.75, 3.05) is 18.9 Å². The Morgan fingerprint density at radius 3 is 2.65 bits per heavy atom. The lowest BCUT2D eigenvalue weighted by molar-refractivity contribution is -0.117. The number of nitrogens with zero attached hydrogens (tertiary/aromatic N) is 3. The van der Waals surface area contributed by atoms with Crippen LogP contribution in [0.3, 0.4) is 0 Å². The Bertz CT molecular complexity index is 968. The van der Waals surface area contributed by atoms with E-state index in [2.05, 4.69) is 16.4 Å². The molecule has 0 atom stereocenters. The molecular weight excluding hydrogens is 328 g/mol. The van der Waals surface area contributed by atoms with Gasteiger partial charge in [-0.2, -0.15) is 5.26 Å². The second-order valence-corrected chi connectivity index (χ2v) is 6.45. The van der Waals surface area contributed by atoms with Gasteiger partial charge in [0.25, 0.3) is 0 Å². The number of aromatic nitrogens is 1. The molecule has 1 amide bonds. The van der Waals surface area contributed by atoms with Gasteiger partial charge >= 0.3 is 0 Å². The fraction of sp³-hybridized carbons (Fsp3) is 0.250. The lowest BCUT2D eigenvalue weighted by Gasteiger charge is -2.20. The van der Waals surface area contributed by atoms with E-state index in [1.54, 1.807) is 18.2 Å². The number of benzene rings is 2. The zero-order valence-corrected chi connectivity index (χ0v) is 15.0. The molecule has 0 radical (unpaired) electrons. The van der Waals surface area contributed by atoms with Gasteiger partial charge in [-0.05, 0) is 63.4 Å². The van der Waals surface area contributed by atoms with E-state index in [-0.39, 0.29) is 5.91 Å². The maximum atomic E-state index is 12.1. The summed E-state index contributed by atoms with van der Waals surface area (Å²) in [5.74, 6) is 0.423. The number of likely N-dealkylation sites (N-methyl/N-ethyl adjacent to an activating group) is 1. The maximum absolute atomic E-state index is 12.1. The van der Waals surface area contributed by atoms with E-state index in [0.717, 1.165) is 11.3 Å². The molecule has 0 aliphatic rings. The van der Waals surface area contributed by atoms with Crippen LogP contribution in [-0.2, 0) is 4.79 Å². The normalized spacial score (nSPS) is 11.1. The quantitative estimate of drug-likeness (QED) is 0.761. The van der Waals surface area contributed by atoms with Crippen LogP contribution in [0.1, 0.15) is 19.4 Å². The molecule has 6 heteroatoms. The van der Waals surface area contributed by atoms with Crippen molar-refractivity contribution in [3.8, 4) is 17.5 Å². The van der Waals surface area contributed by atoms with Gasteiger partial charge < -0.3 is 9.73 Å². The molecule has 0 unspecified atom stereocenters. The second-order valence-electron chi connectivity index (χ2n) is 6.45. The molecule has 0 spiro atoms. The first-order valence-electron chi connectivity index (χ1n) is 8.37. The van der Waals surface area contributed by atoms with Crippen molar-refractivity contribution < 1.29 is 9.21 Å². The van der Waals surface area contributed by atoms with Crippen LogP contribution in [0.25, 0.3) is 22.6 Å². The lowest BCUT2D eigenvalue weighted by atomic mass is 10.2. The number of hydrogen-bond donors (Lipinski definition) is 1. The molecule has 2 aromatic carbocycles. The van der Waals surface area contributed by atoms with Crippen LogP contribution in [0.5, 0.6) is 0 Å². The summed E-state index contributed by atoms with van der Waals surface area (Å²) in [6.45, 7) is 4.43. The van der Waals surface area contributed by atoms with Gasteiger partial charge in [-0.25, -0.2) is 4.98 Å². The van der Waals surface area contributed by atoms with E-state index in [1.807, 2.05) is 50.1 Å². The second kappa shape index (κ2) is 7.38. The number of rotatable bonds is 5. The van der Waals surface area contributed by atoms with E-state index in [4.69, 9.17) is 9.68 Å². The van der Waals surface area contributed by atoms with Gasteiger partial charge in [0.1, 0.15) is 5.52 Å². The van der Waals surface area contributed by atoms with E-state index in [9.17, 15) is 4.79 Å². The fourth-order valence-electron chi connectivity index (χ4n) is 2.43. The molecule has 0 saturated heterocycles. The first-order valence-corrected chi connectivity index (χ1v) is 8.37. The topological polar surface area (TPSA) is 82.2 Å². The molecular formula is C20H20N4O2. The molecule has 3 rings (SSSR count). The van der Waals surface area contributed by atoms with E-state index < -0.39 is 0 Å². The monoisotopic (exact) mass is 348 g/mol. The first kappa shape index (κ1) is 17.6. The lowest BCUT2D eigenvalue weighted by Crippen LogP contribution is -2.34. The van der Waals surface area contributed by atoms with Crippen molar-refractivity contribution in [2.45, 2.75) is 19.9 Å². The van der Waals surface area contributed by atoms with Crippen molar-refractivity contribution in [3.05, 3.63) is 48.0 Å². The van der Waals surface area contributed by atoms with E-state index in [0.29, 0.717) is 35.1 Å². The molecule has 1 aromatic heterocycles. The minimum absolute atomic E-state index is 0.0557. The van der Waals surface area contributed by atoms with Crippen LogP contribution in [0.4, 0.5) is 5.69 Å². The number of fused-ring (bicyclic) bond motifs is 1. The van der Waals surface area contributed by atoms with Gasteiger partial charge in [-0.15, -0.1) is 0 Å². The molecule has 0 saturated carbocycles. The molecule has 0 fully saturated rings. The molecule has 0 bridgehead atoms. The highest BCUT2D eigenvalue weighted by Gasteiger charge is 2.11. The zero-order chi connectivity index (χ0) is 18.7. The molecule has 1 N–H and O–H groups in total. The summed E-state index contributed by atoms with van der Waals surface area (Å²) in [6, 6.07) is 14.9. The Kier molecular flexibility index (Phi) is 5.01. The number of nitrogens with one attached hydrogen (secondary N) is 1. The van der Waals surface area contributed by atoms with Gasteiger partial charge in [-0.3, -0.25) is 9.69 Å². The summed E-state index contributed by atoms with van der Waals surface area (Å²) in [6.07, 6.45) is 0. The van der Waals surface area contributed by atoms with Gasteiger partial charge in [-0.1, -0.05) is 0 Å². The molecule has 6 nitrogen and oxygen atoms in total. The molecule has 3 aromatic rings. The molecule has 0 aliphatic carbocycles. The number of nitriles is 1. The molecule has 26 heavy (non-hydrogen) atoms. The maximum Gasteiger partial charge on any atom is 0.238 e. The number of oxazole rings is 1. The van der Waals surface area contributed by atoms with Gasteiger partial charge in [0.05, 0.1) is 18.2 Å². The Balaban J connectivity index is 1.73. The average Bonchev–Trinajstić information content (AvgIpc) is 3.05. The highest BCUT2D eigenvalue weighted by molar-refractivity contribution is 5.92. The highest BCUT2D eigenvalue weighted by atomic mass is 16.3. The third kappa shape index (κ3) is 3.90. The standard InChI is InChI=1S/C20H20N4O2/c1-13(2)24(3)12-19(25)22-16-7-5-15(6-8-16)20-23-17-10-14(11-21)4-9-18(17)26-20/h4-10,13H,12H2,1-3H3,(H,22,25). The molecule has 0 aliphatic heterocycles. The van der Waals surface area contributed by atoms with Crippen molar-refractivity contribution >= 4 is 22.7 Å². The summed E-state index contributed by atoms with van der Waals surface area (Å²) in [4.78, 5) is 18.4. The number of carbonyl (C=O) groups is 1. The van der Waals surface area contributed by atoms with Crippen molar-refractivity contribution in [1.29, 1.82) is 5.26 Å². The molecule has 1 heterocycles. The summed E-state index contributed by atoms with van der Waals surface area (Å²) < 4.78 is 5.74. The molecule has 132 valence electrons. The first-order chi connectivity index (χ1) is 12.5. The van der Waals surface area contributed by atoms with Crippen LogP contribution >= 0.6 is 0 Å². The van der Waals surface area contributed by atoms with Crippen molar-refractivity contribution in [1.82, 2.24) is 9.88 Å². The number of hydrogen-bond acceptors (Lipinski definition) is 5. The summed E-state index contributed by atoms with van der Waals surface area (Å²) in [7, 11) is 1.91. The van der Waals surface area contributed by atoms with Crippen LogP contribution in [0, 0.1) is 11.3 Å². The van der Waals surface area contributed by atoms with E-state index >= 15 is 0 Å². The summed E-state index contributed by atoms with van der Waals surface area (Å²) in [5.41, 5.74) is 3.35. The Labute approximate surface area is 152 Å². The van der Waals surface area contributed by atoms with Gasteiger partial charge in [0.15, 0.2) is 5.58 Å². The highest BCUT2D eigenvalue weighted by Crippen LogP contribution is 2.26. The van der Waals surface area contributed by atoms with Gasteiger partial charge in [0, 0.05) is 17.3 Å². The minimum Gasteiger partial charge on any atom is -0.436 e. The fourth-order valence-corrected chi connectivity index (χ4v) is 2.43. The van der Waals surface area contributed by atoms with Crippen LogP contribution < -0.4 is 5.32 Å². The number of carbonyl (C=O) groups excluding carboxylic acids is 1. The predicted octanol–water partition coefficient (Wildman–Crippen LogP) is 3.65. The van der Waals surface area contributed by atoms with E-state index in [1.165, 1.54) is 0 Å². The van der Waals surface area contributed by atoms with Gasteiger partial charge in [0.2, 0.25) is 11.8 Å². The smallest absolute Gasteiger partial charge is 0.238 e. The third-order valence-electron chi connectivity index (χ3n) is 4.21. The van der Waals surface area contributed by atoms with Crippen LogP contribution in [0.2, 0.25) is 0 Å². The SMILES string of the molecule is CC(C)N(C)CC(=O)Nc1ccc(-c2nc3cc(C#N)ccc3o2)cc1. The van der Waals surface area contributed by atoms with Crippen LogP contribution in [-0.4, -0.2) is 35.4 Å². The average molecular weight is 348 g/mol. The van der Waals surface area contributed by atoms with Crippen molar-refractivity contribution in [3.63, 3.8) is 0 Å². The summed E-state index contributed by atoms with van der Waals surface area (Å²) in [5, 5.41) is 11.8. The predicted molar refractivity (Wildman–Crippen MR) is 101 cm³/mol. The van der Waals surface area contributed by atoms with Crippen molar-refractivity contribution in [2.24, 2.45) is 0 Å². The Morgan fingerprint density at radius 1 is 1.27 bits per heavy atom. The minimum atomic E-state index is -0.0557. The third-order valence-corrected chi connectivity index (χ3v) is 4.21.